The van der Waals surface area contributed by atoms with Gasteiger partial charge in [0, 0.05) is 6.54 Å². The van der Waals surface area contributed by atoms with E-state index in [1.165, 1.54) is 6.07 Å². The van der Waals surface area contributed by atoms with E-state index >= 15 is 0 Å². The summed E-state index contributed by atoms with van der Waals surface area (Å²) in [6.07, 6.45) is 1.91. The summed E-state index contributed by atoms with van der Waals surface area (Å²) in [7, 11) is 0. The average molecular weight is 302 g/mol. The Morgan fingerprint density at radius 1 is 1.59 bits per heavy atom. The predicted molar refractivity (Wildman–Crippen MR) is 65.1 cm³/mol. The molecule has 0 aliphatic heterocycles. The molecule has 0 amide bonds. The van der Waals surface area contributed by atoms with Crippen molar-refractivity contribution >= 4 is 21.9 Å². The molecule has 17 heavy (non-hydrogen) atoms. The van der Waals surface area contributed by atoms with Gasteiger partial charge < -0.3 is 10.4 Å². The van der Waals surface area contributed by atoms with E-state index in [0.29, 0.717) is 11.0 Å². The second kappa shape index (κ2) is 5.14. The first-order chi connectivity index (χ1) is 8.09. The third-order valence-corrected chi connectivity index (χ3v) is 3.79. The number of carbonyl (C=O) groups is 1. The molecule has 0 spiro atoms. The van der Waals surface area contributed by atoms with Crippen molar-refractivity contribution < 1.29 is 14.3 Å². The van der Waals surface area contributed by atoms with Crippen molar-refractivity contribution in [1.82, 2.24) is 5.32 Å². The van der Waals surface area contributed by atoms with Gasteiger partial charge in [-0.05, 0) is 46.3 Å². The topological polar surface area (TPSA) is 49.3 Å². The van der Waals surface area contributed by atoms with Crippen molar-refractivity contribution in [2.45, 2.75) is 25.4 Å². The van der Waals surface area contributed by atoms with E-state index in [1.807, 2.05) is 0 Å². The highest BCUT2D eigenvalue weighted by Crippen LogP contribution is 2.33. The molecular formula is C12H13BrFNO2. The smallest absolute Gasteiger partial charge is 0.320 e. The maximum absolute atomic E-state index is 13.2. The Kier molecular flexibility index (Phi) is 3.79. The molecule has 92 valence electrons. The Hall–Kier alpha value is -0.940. The van der Waals surface area contributed by atoms with Crippen LogP contribution in [-0.4, -0.2) is 17.1 Å². The summed E-state index contributed by atoms with van der Waals surface area (Å²) in [4.78, 5) is 11.0. The van der Waals surface area contributed by atoms with Crippen LogP contribution in [0.5, 0.6) is 0 Å². The van der Waals surface area contributed by atoms with Crippen LogP contribution in [0.2, 0.25) is 0 Å². The fourth-order valence-corrected chi connectivity index (χ4v) is 2.19. The zero-order valence-corrected chi connectivity index (χ0v) is 10.7. The fourth-order valence-electron chi connectivity index (χ4n) is 1.79. The summed E-state index contributed by atoms with van der Waals surface area (Å²) in [6.45, 7) is 0.353. The van der Waals surface area contributed by atoms with Crippen molar-refractivity contribution in [2.75, 3.05) is 0 Å². The molecule has 1 aromatic rings. The summed E-state index contributed by atoms with van der Waals surface area (Å²) in [6, 6.07) is 4.23. The molecule has 1 fully saturated rings. The Morgan fingerprint density at radius 2 is 2.29 bits per heavy atom. The molecule has 0 saturated heterocycles. The quantitative estimate of drug-likeness (QED) is 0.879. The van der Waals surface area contributed by atoms with Crippen LogP contribution < -0.4 is 5.32 Å². The van der Waals surface area contributed by atoms with Crippen molar-refractivity contribution in [2.24, 2.45) is 5.92 Å². The number of hydrogen-bond acceptors (Lipinski definition) is 2. The lowest BCUT2D eigenvalue weighted by molar-refractivity contribution is -0.140. The molecule has 1 atom stereocenters. The first-order valence-electron chi connectivity index (χ1n) is 5.48. The molecule has 0 heterocycles. The normalized spacial score (nSPS) is 16.8. The predicted octanol–water partition coefficient (Wildman–Crippen LogP) is 2.54. The number of aliphatic carboxylic acids is 1. The molecule has 1 unspecified atom stereocenters. The van der Waals surface area contributed by atoms with Crippen LogP contribution in [0.4, 0.5) is 4.39 Å². The Labute approximate surface area is 107 Å². The van der Waals surface area contributed by atoms with E-state index in [4.69, 9.17) is 5.11 Å². The molecule has 1 aliphatic carbocycles. The van der Waals surface area contributed by atoms with Gasteiger partial charge in [0.2, 0.25) is 0 Å². The largest absolute Gasteiger partial charge is 0.480 e. The SMILES string of the molecule is O=C(O)C(NCc1cccc(F)c1Br)C1CC1. The number of benzene rings is 1. The van der Waals surface area contributed by atoms with Crippen molar-refractivity contribution in [3.8, 4) is 0 Å². The number of nitrogens with one attached hydrogen (secondary N) is 1. The van der Waals surface area contributed by atoms with Gasteiger partial charge in [-0.25, -0.2) is 4.39 Å². The molecule has 3 nitrogen and oxygen atoms in total. The molecule has 1 saturated carbocycles. The lowest BCUT2D eigenvalue weighted by Crippen LogP contribution is -2.38. The standard InChI is InChI=1S/C12H13BrFNO2/c13-10-8(2-1-3-9(10)14)6-15-11(12(16)17)7-4-5-7/h1-3,7,11,15H,4-6H2,(H,16,17). The van der Waals surface area contributed by atoms with Gasteiger partial charge in [0.05, 0.1) is 4.47 Å². The fraction of sp³-hybridized carbons (Fsp3) is 0.417. The number of carboxylic acid groups (broad SMARTS) is 1. The molecule has 2 rings (SSSR count). The molecular weight excluding hydrogens is 289 g/mol. The molecule has 0 aromatic heterocycles. The van der Waals surface area contributed by atoms with E-state index in [0.717, 1.165) is 18.4 Å². The number of hydrogen-bond donors (Lipinski definition) is 2. The van der Waals surface area contributed by atoms with E-state index in [2.05, 4.69) is 21.2 Å². The zero-order chi connectivity index (χ0) is 12.4. The molecule has 1 aromatic carbocycles. The number of halogens is 2. The van der Waals surface area contributed by atoms with Gasteiger partial charge in [-0.1, -0.05) is 12.1 Å². The lowest BCUT2D eigenvalue weighted by Gasteiger charge is -2.14. The van der Waals surface area contributed by atoms with E-state index in [-0.39, 0.29) is 11.7 Å². The van der Waals surface area contributed by atoms with Gasteiger partial charge in [-0.15, -0.1) is 0 Å². The highest BCUT2D eigenvalue weighted by Gasteiger charge is 2.35. The summed E-state index contributed by atoms with van der Waals surface area (Å²) in [5.74, 6) is -0.942. The molecule has 0 radical (unpaired) electrons. The second-order valence-corrected chi connectivity index (χ2v) is 5.04. The Morgan fingerprint density at radius 3 is 2.88 bits per heavy atom. The van der Waals surface area contributed by atoms with Gasteiger partial charge in [0.25, 0.3) is 0 Å². The van der Waals surface area contributed by atoms with Gasteiger partial charge in [-0.2, -0.15) is 0 Å². The summed E-state index contributed by atoms with van der Waals surface area (Å²) >= 11 is 3.16. The van der Waals surface area contributed by atoms with Crippen molar-refractivity contribution in [1.29, 1.82) is 0 Å². The first-order valence-corrected chi connectivity index (χ1v) is 6.28. The third kappa shape index (κ3) is 3.04. The molecule has 1 aliphatic rings. The maximum atomic E-state index is 13.2. The molecule has 0 bridgehead atoms. The minimum Gasteiger partial charge on any atom is -0.480 e. The summed E-state index contributed by atoms with van der Waals surface area (Å²) in [5, 5.41) is 12.0. The van der Waals surface area contributed by atoms with E-state index < -0.39 is 12.0 Å². The summed E-state index contributed by atoms with van der Waals surface area (Å²) in [5.41, 5.74) is 0.733. The van der Waals surface area contributed by atoms with Crippen LogP contribution in [0.25, 0.3) is 0 Å². The van der Waals surface area contributed by atoms with E-state index in [1.54, 1.807) is 12.1 Å². The Bertz CT molecular complexity index is 435. The highest BCUT2D eigenvalue weighted by atomic mass is 79.9. The number of carboxylic acids is 1. The van der Waals surface area contributed by atoms with Gasteiger partial charge in [-0.3, -0.25) is 4.79 Å². The van der Waals surface area contributed by atoms with Crippen molar-refractivity contribution in [3.05, 3.63) is 34.1 Å². The average Bonchev–Trinajstić information content (AvgIpc) is 3.08. The monoisotopic (exact) mass is 301 g/mol. The van der Waals surface area contributed by atoms with E-state index in [9.17, 15) is 9.18 Å². The number of rotatable bonds is 5. The molecule has 2 N–H and O–H groups in total. The lowest BCUT2D eigenvalue weighted by atomic mass is 10.1. The summed E-state index contributed by atoms with van der Waals surface area (Å²) < 4.78 is 13.6. The van der Waals surface area contributed by atoms with Crippen LogP contribution in [0.1, 0.15) is 18.4 Å². The van der Waals surface area contributed by atoms with Crippen LogP contribution >= 0.6 is 15.9 Å². The molecule has 5 heteroatoms. The minimum atomic E-state index is -0.833. The third-order valence-electron chi connectivity index (χ3n) is 2.90. The second-order valence-electron chi connectivity index (χ2n) is 4.25. The first kappa shape index (κ1) is 12.5. The van der Waals surface area contributed by atoms with Crippen molar-refractivity contribution in [3.63, 3.8) is 0 Å². The van der Waals surface area contributed by atoms with Gasteiger partial charge in [0.15, 0.2) is 0 Å². The van der Waals surface area contributed by atoms with Gasteiger partial charge in [0.1, 0.15) is 11.9 Å². The maximum Gasteiger partial charge on any atom is 0.320 e. The highest BCUT2D eigenvalue weighted by molar-refractivity contribution is 9.10. The Balaban J connectivity index is 2.01. The van der Waals surface area contributed by atoms with Gasteiger partial charge >= 0.3 is 5.97 Å². The van der Waals surface area contributed by atoms with Crippen LogP contribution in [0.3, 0.4) is 0 Å². The zero-order valence-electron chi connectivity index (χ0n) is 9.12. The van der Waals surface area contributed by atoms with Crippen LogP contribution in [0.15, 0.2) is 22.7 Å². The van der Waals surface area contributed by atoms with Crippen LogP contribution in [0, 0.1) is 11.7 Å². The minimum absolute atomic E-state index is 0.222. The van der Waals surface area contributed by atoms with Crippen LogP contribution in [-0.2, 0) is 11.3 Å².